The van der Waals surface area contributed by atoms with Gasteiger partial charge in [0.05, 0.1) is 24.3 Å². The zero-order valence-electron chi connectivity index (χ0n) is 23.6. The maximum absolute atomic E-state index is 11.7. The third kappa shape index (κ3) is 9.08. The molecule has 1 aliphatic rings. The summed E-state index contributed by atoms with van der Waals surface area (Å²) >= 11 is 0. The van der Waals surface area contributed by atoms with Crippen molar-refractivity contribution in [2.45, 2.75) is 87.2 Å². The molecule has 2 N–H and O–H groups in total. The Labute approximate surface area is 216 Å². The van der Waals surface area contributed by atoms with E-state index in [2.05, 4.69) is 48.6 Å². The molecule has 0 atom stereocenters. The number of hydrogen-bond donors (Lipinski definition) is 2. The van der Waals surface area contributed by atoms with Gasteiger partial charge in [-0.3, -0.25) is 9.78 Å². The second-order valence-electron chi connectivity index (χ2n) is 12.0. The summed E-state index contributed by atoms with van der Waals surface area (Å²) in [4.78, 5) is 23.1. The SMILES string of the molecule is CC(C)(C)O.Cc1cc(-c2cnc(C)c(CC(=O)O)c2N2CCC(C)(C)CC2)cnc1OCC(C)C. The molecular weight excluding hydrogens is 454 g/mol. The first-order valence-electron chi connectivity index (χ1n) is 12.8. The first kappa shape index (κ1) is 29.6. The molecule has 2 aromatic rings. The maximum atomic E-state index is 11.7. The summed E-state index contributed by atoms with van der Waals surface area (Å²) in [5.74, 6) is 0.229. The van der Waals surface area contributed by atoms with Crippen molar-refractivity contribution in [2.75, 3.05) is 24.6 Å². The second kappa shape index (κ2) is 12.0. The van der Waals surface area contributed by atoms with Crippen LogP contribution >= 0.6 is 0 Å². The minimum Gasteiger partial charge on any atom is -0.481 e. The van der Waals surface area contributed by atoms with Crippen molar-refractivity contribution in [2.24, 2.45) is 11.3 Å². The lowest BCUT2D eigenvalue weighted by Crippen LogP contribution is -2.38. The number of aliphatic hydroxyl groups is 1. The van der Waals surface area contributed by atoms with Crippen LogP contribution in [-0.4, -0.2) is 51.4 Å². The van der Waals surface area contributed by atoms with Gasteiger partial charge >= 0.3 is 5.97 Å². The number of aryl methyl sites for hydroxylation is 2. The zero-order chi connectivity index (χ0) is 27.3. The predicted octanol–water partition coefficient (Wildman–Crippen LogP) is 5.83. The van der Waals surface area contributed by atoms with E-state index in [0.29, 0.717) is 23.8 Å². The summed E-state index contributed by atoms with van der Waals surface area (Å²) < 4.78 is 5.84. The standard InChI is InChI=1S/C25H35N3O3.C4H10O/c1-16(2)15-31-24-17(3)11-19(13-27-24)21-14-26-18(4)20(12-22(29)30)23(21)28-9-7-25(5,6)8-10-28;1-4(2,3)5/h11,13-14,16H,7-10,12,15H2,1-6H3,(H,29,30);5H,1-3H3. The molecule has 2 aromatic heterocycles. The number of aliphatic carboxylic acids is 1. The number of hydrogen-bond acceptors (Lipinski definition) is 6. The van der Waals surface area contributed by atoms with Gasteiger partial charge in [-0.25, -0.2) is 4.98 Å². The van der Waals surface area contributed by atoms with Crippen molar-refractivity contribution in [1.29, 1.82) is 0 Å². The number of anilines is 1. The number of carbonyl (C=O) groups is 1. The van der Waals surface area contributed by atoms with Crippen LogP contribution in [0.3, 0.4) is 0 Å². The minimum atomic E-state index is -0.840. The predicted molar refractivity (Wildman–Crippen MR) is 146 cm³/mol. The Balaban J connectivity index is 0.000000830. The lowest BCUT2D eigenvalue weighted by molar-refractivity contribution is -0.136. The third-order valence-corrected chi connectivity index (χ3v) is 6.02. The number of ether oxygens (including phenoxy) is 1. The van der Waals surface area contributed by atoms with Crippen LogP contribution in [0.15, 0.2) is 18.5 Å². The summed E-state index contributed by atoms with van der Waals surface area (Å²) in [6, 6.07) is 2.07. The highest BCUT2D eigenvalue weighted by atomic mass is 16.5. The van der Waals surface area contributed by atoms with Crippen LogP contribution in [0.1, 0.15) is 78.1 Å². The summed E-state index contributed by atoms with van der Waals surface area (Å²) in [5, 5.41) is 18.1. The molecule has 0 spiro atoms. The summed E-state index contributed by atoms with van der Waals surface area (Å²) in [7, 11) is 0. The normalized spacial score (nSPS) is 15.4. The highest BCUT2D eigenvalue weighted by Crippen LogP contribution is 2.40. The van der Waals surface area contributed by atoms with E-state index in [4.69, 9.17) is 9.84 Å². The Morgan fingerprint density at radius 1 is 1.14 bits per heavy atom. The quantitative estimate of drug-likeness (QED) is 0.495. The molecule has 36 heavy (non-hydrogen) atoms. The Morgan fingerprint density at radius 2 is 1.72 bits per heavy atom. The molecule has 3 rings (SSSR count). The van der Waals surface area contributed by atoms with E-state index in [1.165, 1.54) is 0 Å². The van der Waals surface area contributed by atoms with Crippen LogP contribution in [-0.2, 0) is 11.2 Å². The molecule has 0 bridgehead atoms. The molecule has 200 valence electrons. The first-order valence-corrected chi connectivity index (χ1v) is 12.8. The molecule has 0 aromatic carbocycles. The molecule has 3 heterocycles. The summed E-state index contributed by atoms with van der Waals surface area (Å²) in [6.45, 7) is 20.4. The Bertz CT molecular complexity index is 1030. The van der Waals surface area contributed by atoms with E-state index in [0.717, 1.165) is 59.6 Å². The molecule has 0 unspecified atom stereocenters. The van der Waals surface area contributed by atoms with Crippen LogP contribution in [0.5, 0.6) is 5.88 Å². The van der Waals surface area contributed by atoms with Gasteiger partial charge in [0.15, 0.2) is 0 Å². The fourth-order valence-corrected chi connectivity index (χ4v) is 4.01. The van der Waals surface area contributed by atoms with Crippen LogP contribution in [0, 0.1) is 25.2 Å². The van der Waals surface area contributed by atoms with Crippen molar-refractivity contribution in [1.82, 2.24) is 9.97 Å². The van der Waals surface area contributed by atoms with E-state index in [1.807, 2.05) is 26.2 Å². The van der Waals surface area contributed by atoms with Gasteiger partial charge in [-0.15, -0.1) is 0 Å². The Morgan fingerprint density at radius 3 is 2.22 bits per heavy atom. The largest absolute Gasteiger partial charge is 0.481 e. The fourth-order valence-electron chi connectivity index (χ4n) is 4.01. The van der Waals surface area contributed by atoms with Crippen molar-refractivity contribution in [3.05, 3.63) is 35.3 Å². The van der Waals surface area contributed by atoms with Crippen LogP contribution < -0.4 is 9.64 Å². The lowest BCUT2D eigenvalue weighted by Gasteiger charge is -2.40. The Kier molecular flexibility index (Phi) is 9.89. The number of aromatic nitrogens is 2. The number of pyridine rings is 2. The number of piperidine rings is 1. The molecular formula is C29H45N3O4. The number of carboxylic acid groups (broad SMARTS) is 1. The molecule has 0 radical (unpaired) electrons. The van der Waals surface area contributed by atoms with Gasteiger partial charge in [0.25, 0.3) is 0 Å². The molecule has 0 aliphatic carbocycles. The Hall–Kier alpha value is -2.67. The molecule has 7 nitrogen and oxygen atoms in total. The van der Waals surface area contributed by atoms with Crippen molar-refractivity contribution >= 4 is 11.7 Å². The van der Waals surface area contributed by atoms with Gasteiger partial charge in [0.2, 0.25) is 5.88 Å². The van der Waals surface area contributed by atoms with E-state index in [9.17, 15) is 9.90 Å². The van der Waals surface area contributed by atoms with Crippen LogP contribution in [0.25, 0.3) is 11.1 Å². The van der Waals surface area contributed by atoms with Gasteiger partial charge < -0.3 is 19.8 Å². The molecule has 1 fully saturated rings. The highest BCUT2D eigenvalue weighted by Gasteiger charge is 2.29. The van der Waals surface area contributed by atoms with Crippen LogP contribution in [0.4, 0.5) is 5.69 Å². The van der Waals surface area contributed by atoms with Gasteiger partial charge in [0.1, 0.15) is 0 Å². The van der Waals surface area contributed by atoms with Gasteiger partial charge in [0, 0.05) is 53.4 Å². The lowest BCUT2D eigenvalue weighted by atomic mass is 9.82. The average molecular weight is 500 g/mol. The monoisotopic (exact) mass is 499 g/mol. The van der Waals surface area contributed by atoms with Gasteiger partial charge in [-0.2, -0.15) is 0 Å². The molecule has 7 heteroatoms. The molecule has 0 saturated carbocycles. The zero-order valence-corrected chi connectivity index (χ0v) is 23.6. The van der Waals surface area contributed by atoms with E-state index in [1.54, 1.807) is 20.8 Å². The summed E-state index contributed by atoms with van der Waals surface area (Å²) in [5.41, 5.74) is 5.20. The second-order valence-corrected chi connectivity index (χ2v) is 12.0. The number of rotatable bonds is 7. The number of nitrogens with zero attached hydrogens (tertiary/aromatic N) is 3. The highest BCUT2D eigenvalue weighted by molar-refractivity contribution is 5.84. The van der Waals surface area contributed by atoms with E-state index >= 15 is 0 Å². The smallest absolute Gasteiger partial charge is 0.307 e. The third-order valence-electron chi connectivity index (χ3n) is 6.02. The summed E-state index contributed by atoms with van der Waals surface area (Å²) in [6.07, 6.45) is 5.78. The van der Waals surface area contributed by atoms with E-state index < -0.39 is 11.6 Å². The molecule has 1 saturated heterocycles. The van der Waals surface area contributed by atoms with Crippen LogP contribution in [0.2, 0.25) is 0 Å². The topological polar surface area (TPSA) is 95.8 Å². The molecule has 1 aliphatic heterocycles. The van der Waals surface area contributed by atoms with E-state index in [-0.39, 0.29) is 6.42 Å². The minimum absolute atomic E-state index is 0.0378. The van der Waals surface area contributed by atoms with Gasteiger partial charge in [-0.05, 0) is 64.9 Å². The average Bonchev–Trinajstić information content (AvgIpc) is 2.73. The fraction of sp³-hybridized carbons (Fsp3) is 0.621. The van der Waals surface area contributed by atoms with Crippen molar-refractivity contribution in [3.8, 4) is 17.0 Å². The number of carboxylic acids is 1. The first-order chi connectivity index (χ1) is 16.6. The van der Waals surface area contributed by atoms with Gasteiger partial charge in [-0.1, -0.05) is 27.7 Å². The molecule has 0 amide bonds. The maximum Gasteiger partial charge on any atom is 0.307 e. The van der Waals surface area contributed by atoms with Crippen molar-refractivity contribution < 1.29 is 19.7 Å². The van der Waals surface area contributed by atoms with Crippen molar-refractivity contribution in [3.63, 3.8) is 0 Å².